The number of amides is 1. The largest absolute Gasteiger partial charge is 0.345 e. The number of nitrogens with one attached hydrogen (secondary N) is 1. The summed E-state index contributed by atoms with van der Waals surface area (Å²) in [5.41, 5.74) is 1.98. The van der Waals surface area contributed by atoms with E-state index in [1.54, 1.807) is 0 Å². The van der Waals surface area contributed by atoms with E-state index in [1.807, 2.05) is 31.2 Å². The number of hydrogen-bond donors (Lipinski definition) is 1. The van der Waals surface area contributed by atoms with Crippen LogP contribution in [0.5, 0.6) is 0 Å². The van der Waals surface area contributed by atoms with Gasteiger partial charge in [0.05, 0.1) is 6.54 Å². The highest BCUT2D eigenvalue weighted by Gasteiger charge is 2.14. The highest BCUT2D eigenvalue weighted by Crippen LogP contribution is 2.22. The molecule has 0 aliphatic rings. The Hall–Kier alpha value is -1.75. The average Bonchev–Trinajstić information content (AvgIpc) is 2.81. The molecule has 0 aliphatic heterocycles. The molecule has 0 unspecified atom stereocenters. The van der Waals surface area contributed by atoms with E-state index in [2.05, 4.69) is 36.3 Å². The second-order valence-corrected chi connectivity index (χ2v) is 6.99. The van der Waals surface area contributed by atoms with E-state index in [0.717, 1.165) is 10.0 Å². The SMILES string of the molecule is Cc1nnc(CNC(=O)c2ccc(C(C)(C)C)cc2)s1. The lowest BCUT2D eigenvalue weighted by Gasteiger charge is -2.19. The van der Waals surface area contributed by atoms with Gasteiger partial charge in [0.25, 0.3) is 5.91 Å². The Morgan fingerprint density at radius 3 is 2.35 bits per heavy atom. The molecule has 4 nitrogen and oxygen atoms in total. The maximum Gasteiger partial charge on any atom is 0.251 e. The van der Waals surface area contributed by atoms with Crippen LogP contribution in [-0.4, -0.2) is 16.1 Å². The van der Waals surface area contributed by atoms with Gasteiger partial charge >= 0.3 is 0 Å². The summed E-state index contributed by atoms with van der Waals surface area (Å²) >= 11 is 1.49. The van der Waals surface area contributed by atoms with Crippen LogP contribution in [0.15, 0.2) is 24.3 Å². The Kier molecular flexibility index (Phi) is 4.18. The molecule has 1 aromatic heterocycles. The number of carbonyl (C=O) groups excluding carboxylic acids is 1. The van der Waals surface area contributed by atoms with Gasteiger partial charge < -0.3 is 5.32 Å². The van der Waals surface area contributed by atoms with Gasteiger partial charge in [-0.05, 0) is 30.0 Å². The summed E-state index contributed by atoms with van der Waals surface area (Å²) in [6.45, 7) is 8.78. The molecule has 0 atom stereocenters. The zero-order chi connectivity index (χ0) is 14.8. The van der Waals surface area contributed by atoms with Crippen LogP contribution in [0.3, 0.4) is 0 Å². The minimum Gasteiger partial charge on any atom is -0.345 e. The van der Waals surface area contributed by atoms with Crippen LogP contribution in [0.4, 0.5) is 0 Å². The molecule has 0 fully saturated rings. The fraction of sp³-hybridized carbons (Fsp3) is 0.400. The first-order valence-electron chi connectivity index (χ1n) is 6.54. The zero-order valence-electron chi connectivity index (χ0n) is 12.2. The number of nitrogens with zero attached hydrogens (tertiary/aromatic N) is 2. The van der Waals surface area contributed by atoms with Crippen LogP contribution < -0.4 is 5.32 Å². The first-order valence-corrected chi connectivity index (χ1v) is 7.35. The first-order chi connectivity index (χ1) is 9.36. The van der Waals surface area contributed by atoms with Crippen LogP contribution >= 0.6 is 11.3 Å². The third-order valence-electron chi connectivity index (χ3n) is 2.98. The Bertz CT molecular complexity index is 596. The lowest BCUT2D eigenvalue weighted by Crippen LogP contribution is -2.23. The van der Waals surface area contributed by atoms with Crippen molar-refractivity contribution in [2.24, 2.45) is 0 Å². The summed E-state index contributed by atoms with van der Waals surface area (Å²) in [7, 11) is 0. The molecule has 5 heteroatoms. The van der Waals surface area contributed by atoms with Gasteiger partial charge in [-0.2, -0.15) is 0 Å². The summed E-state index contributed by atoms with van der Waals surface area (Å²) in [5, 5.41) is 12.5. The van der Waals surface area contributed by atoms with Gasteiger partial charge in [-0.1, -0.05) is 44.2 Å². The molecule has 1 aromatic carbocycles. The molecule has 2 aromatic rings. The molecule has 20 heavy (non-hydrogen) atoms. The van der Waals surface area contributed by atoms with Crippen molar-refractivity contribution in [1.29, 1.82) is 0 Å². The maximum absolute atomic E-state index is 12.0. The van der Waals surface area contributed by atoms with Crippen LogP contribution in [0, 0.1) is 6.92 Å². The molecule has 0 saturated heterocycles. The molecule has 0 bridgehead atoms. The number of benzene rings is 1. The zero-order valence-corrected chi connectivity index (χ0v) is 13.0. The van der Waals surface area contributed by atoms with Gasteiger partial charge in [-0.3, -0.25) is 4.79 Å². The van der Waals surface area contributed by atoms with Crippen LogP contribution in [0.25, 0.3) is 0 Å². The van der Waals surface area contributed by atoms with E-state index in [1.165, 1.54) is 16.9 Å². The van der Waals surface area contributed by atoms with Crippen molar-refractivity contribution in [2.75, 3.05) is 0 Å². The molecule has 1 heterocycles. The van der Waals surface area contributed by atoms with E-state index >= 15 is 0 Å². The second-order valence-electron chi connectivity index (χ2n) is 5.72. The van der Waals surface area contributed by atoms with E-state index in [0.29, 0.717) is 12.1 Å². The fourth-order valence-electron chi connectivity index (χ4n) is 1.79. The molecule has 0 aliphatic carbocycles. The van der Waals surface area contributed by atoms with Crippen LogP contribution in [-0.2, 0) is 12.0 Å². The Labute approximate surface area is 123 Å². The highest BCUT2D eigenvalue weighted by atomic mass is 32.1. The van der Waals surface area contributed by atoms with Crippen molar-refractivity contribution in [3.63, 3.8) is 0 Å². The van der Waals surface area contributed by atoms with Gasteiger partial charge in [0, 0.05) is 5.56 Å². The number of hydrogen-bond acceptors (Lipinski definition) is 4. The average molecular weight is 289 g/mol. The Morgan fingerprint density at radius 1 is 1.20 bits per heavy atom. The minimum absolute atomic E-state index is 0.0849. The quantitative estimate of drug-likeness (QED) is 0.944. The van der Waals surface area contributed by atoms with Gasteiger partial charge in [0.2, 0.25) is 0 Å². The van der Waals surface area contributed by atoms with Gasteiger partial charge in [-0.25, -0.2) is 0 Å². The predicted octanol–water partition coefficient (Wildman–Crippen LogP) is 3.07. The van der Waals surface area contributed by atoms with Crippen molar-refractivity contribution in [2.45, 2.75) is 39.7 Å². The van der Waals surface area contributed by atoms with E-state index in [-0.39, 0.29) is 11.3 Å². The summed E-state index contributed by atoms with van der Waals surface area (Å²) < 4.78 is 0. The second kappa shape index (κ2) is 5.71. The van der Waals surface area contributed by atoms with E-state index in [9.17, 15) is 4.79 Å². The van der Waals surface area contributed by atoms with Gasteiger partial charge in [0.1, 0.15) is 10.0 Å². The maximum atomic E-state index is 12.0. The van der Waals surface area contributed by atoms with Crippen molar-refractivity contribution < 1.29 is 4.79 Å². The van der Waals surface area contributed by atoms with Crippen LogP contribution in [0.1, 0.15) is 46.7 Å². The molecule has 106 valence electrons. The molecule has 0 radical (unpaired) electrons. The number of carbonyl (C=O) groups is 1. The van der Waals surface area contributed by atoms with Gasteiger partial charge in [-0.15, -0.1) is 10.2 Å². The molecular weight excluding hydrogens is 270 g/mol. The summed E-state index contributed by atoms with van der Waals surface area (Å²) in [4.78, 5) is 12.0. The molecule has 2 rings (SSSR count). The standard InChI is InChI=1S/C15H19N3OS/c1-10-17-18-13(20-10)9-16-14(19)11-5-7-12(8-6-11)15(2,3)4/h5-8H,9H2,1-4H3,(H,16,19). The Morgan fingerprint density at radius 2 is 1.85 bits per heavy atom. The highest BCUT2D eigenvalue weighted by molar-refractivity contribution is 7.11. The third kappa shape index (κ3) is 3.63. The van der Waals surface area contributed by atoms with Crippen molar-refractivity contribution in [1.82, 2.24) is 15.5 Å². The van der Waals surface area contributed by atoms with Gasteiger partial charge in [0.15, 0.2) is 0 Å². The van der Waals surface area contributed by atoms with Crippen molar-refractivity contribution >= 4 is 17.2 Å². The van der Waals surface area contributed by atoms with Crippen LogP contribution in [0.2, 0.25) is 0 Å². The molecule has 1 amide bonds. The van der Waals surface area contributed by atoms with Crippen molar-refractivity contribution in [3.05, 3.63) is 45.4 Å². The summed E-state index contributed by atoms with van der Waals surface area (Å²) in [5.74, 6) is -0.0849. The number of aromatic nitrogens is 2. The monoisotopic (exact) mass is 289 g/mol. The van der Waals surface area contributed by atoms with E-state index < -0.39 is 0 Å². The topological polar surface area (TPSA) is 54.9 Å². The first kappa shape index (κ1) is 14.7. The normalized spacial score (nSPS) is 11.4. The molecular formula is C15H19N3OS. The Balaban J connectivity index is 1.99. The summed E-state index contributed by atoms with van der Waals surface area (Å²) in [6.07, 6.45) is 0. The lowest BCUT2D eigenvalue weighted by molar-refractivity contribution is 0.0950. The number of rotatable bonds is 3. The summed E-state index contributed by atoms with van der Waals surface area (Å²) in [6, 6.07) is 7.73. The third-order valence-corrected chi connectivity index (χ3v) is 3.82. The molecule has 0 spiro atoms. The van der Waals surface area contributed by atoms with E-state index in [4.69, 9.17) is 0 Å². The molecule has 1 N–H and O–H groups in total. The number of aryl methyl sites for hydroxylation is 1. The van der Waals surface area contributed by atoms with Crippen molar-refractivity contribution in [3.8, 4) is 0 Å². The smallest absolute Gasteiger partial charge is 0.251 e. The minimum atomic E-state index is -0.0849. The fourth-order valence-corrected chi connectivity index (χ4v) is 2.44. The lowest BCUT2D eigenvalue weighted by atomic mass is 9.87. The predicted molar refractivity (Wildman–Crippen MR) is 81.0 cm³/mol. The molecule has 0 saturated carbocycles.